The number of aromatic nitrogens is 1. The van der Waals surface area contributed by atoms with Gasteiger partial charge in [-0.2, -0.15) is 0 Å². The number of ether oxygens (including phenoxy) is 1. The molecule has 0 aromatic carbocycles. The summed E-state index contributed by atoms with van der Waals surface area (Å²) in [5.74, 6) is 0.148. The van der Waals surface area contributed by atoms with Gasteiger partial charge in [0.25, 0.3) is 0 Å². The molecule has 1 amide bonds. The highest BCUT2D eigenvalue weighted by atomic mass is 16.5. The van der Waals surface area contributed by atoms with E-state index in [1.54, 1.807) is 0 Å². The van der Waals surface area contributed by atoms with Crippen molar-refractivity contribution in [2.24, 2.45) is 5.92 Å². The number of nitrogens with one attached hydrogen (secondary N) is 2. The van der Waals surface area contributed by atoms with Crippen molar-refractivity contribution in [3.63, 3.8) is 0 Å². The molecule has 2 heterocycles. The summed E-state index contributed by atoms with van der Waals surface area (Å²) in [6, 6.07) is 1.96. The van der Waals surface area contributed by atoms with Crippen molar-refractivity contribution in [2.45, 2.75) is 32.4 Å². The molecule has 0 radical (unpaired) electrons. The minimum Gasteiger partial charge on any atom is -0.377 e. The Bertz CT molecular complexity index is 335. The first kappa shape index (κ1) is 11.2. The van der Waals surface area contributed by atoms with Crippen molar-refractivity contribution in [2.75, 3.05) is 6.61 Å². The van der Waals surface area contributed by atoms with Crippen LogP contribution in [-0.2, 0) is 16.1 Å². The Morgan fingerprint density at radius 3 is 3.25 bits per heavy atom. The molecular weight excluding hydrogens is 204 g/mol. The van der Waals surface area contributed by atoms with Gasteiger partial charge in [-0.3, -0.25) is 4.79 Å². The largest absolute Gasteiger partial charge is 0.377 e. The van der Waals surface area contributed by atoms with E-state index in [1.807, 2.05) is 18.5 Å². The Kier molecular flexibility index (Phi) is 3.62. The number of hydrogen-bond acceptors (Lipinski definition) is 2. The highest BCUT2D eigenvalue weighted by Crippen LogP contribution is 2.23. The van der Waals surface area contributed by atoms with E-state index in [9.17, 15) is 4.79 Å². The Balaban J connectivity index is 1.83. The van der Waals surface area contributed by atoms with E-state index >= 15 is 0 Å². The minimum absolute atomic E-state index is 0.0314. The molecule has 1 aliphatic heterocycles. The summed E-state index contributed by atoms with van der Waals surface area (Å²) < 4.78 is 5.51. The third-order valence-electron chi connectivity index (χ3n) is 3.08. The summed E-state index contributed by atoms with van der Waals surface area (Å²) in [4.78, 5) is 14.9. The molecule has 1 aromatic heterocycles. The highest BCUT2D eigenvalue weighted by Gasteiger charge is 2.32. The molecule has 0 spiro atoms. The van der Waals surface area contributed by atoms with Gasteiger partial charge in [-0.1, -0.05) is 6.92 Å². The quantitative estimate of drug-likeness (QED) is 0.810. The summed E-state index contributed by atoms with van der Waals surface area (Å²) in [5, 5.41) is 2.95. The first-order valence-electron chi connectivity index (χ1n) is 5.82. The molecular formula is C12H18N2O2. The minimum atomic E-state index is 0.0314. The Hall–Kier alpha value is -1.29. The molecule has 4 nitrogen and oxygen atoms in total. The van der Waals surface area contributed by atoms with Gasteiger partial charge in [0.2, 0.25) is 5.91 Å². The summed E-state index contributed by atoms with van der Waals surface area (Å²) in [7, 11) is 0. The second-order valence-corrected chi connectivity index (χ2v) is 4.15. The molecule has 1 aromatic rings. The van der Waals surface area contributed by atoms with Crippen LogP contribution in [0.3, 0.4) is 0 Å². The van der Waals surface area contributed by atoms with Gasteiger partial charge in [-0.15, -0.1) is 0 Å². The maximum absolute atomic E-state index is 11.9. The van der Waals surface area contributed by atoms with Crippen LogP contribution in [0, 0.1) is 5.92 Å². The third kappa shape index (κ3) is 2.44. The molecule has 2 atom stereocenters. The topological polar surface area (TPSA) is 54.1 Å². The maximum atomic E-state index is 11.9. The second-order valence-electron chi connectivity index (χ2n) is 4.15. The molecule has 2 unspecified atom stereocenters. The predicted molar refractivity (Wildman–Crippen MR) is 60.8 cm³/mol. The van der Waals surface area contributed by atoms with Crippen LogP contribution < -0.4 is 5.32 Å². The van der Waals surface area contributed by atoms with Gasteiger partial charge in [0.05, 0.1) is 12.0 Å². The van der Waals surface area contributed by atoms with Gasteiger partial charge in [0.1, 0.15) is 0 Å². The van der Waals surface area contributed by atoms with Crippen molar-refractivity contribution >= 4 is 5.91 Å². The van der Waals surface area contributed by atoms with Crippen LogP contribution in [0.15, 0.2) is 18.5 Å². The standard InChI is InChI=1S/C12H18N2O2/c1-2-11-10(4-6-16-11)12(15)14-8-9-3-5-13-7-9/h3,5,7,10-11,13H,2,4,6,8H2,1H3,(H,14,15). The van der Waals surface area contributed by atoms with Crippen LogP contribution in [0.4, 0.5) is 0 Å². The van der Waals surface area contributed by atoms with E-state index in [-0.39, 0.29) is 17.9 Å². The molecule has 2 N–H and O–H groups in total. The van der Waals surface area contributed by atoms with Crippen LogP contribution in [0.5, 0.6) is 0 Å². The summed E-state index contributed by atoms with van der Waals surface area (Å²) in [6.45, 7) is 3.36. The number of hydrogen-bond donors (Lipinski definition) is 2. The predicted octanol–water partition coefficient (Wildman–Crippen LogP) is 1.45. The molecule has 4 heteroatoms. The fraction of sp³-hybridized carbons (Fsp3) is 0.583. The maximum Gasteiger partial charge on any atom is 0.226 e. The number of aromatic amines is 1. The fourth-order valence-electron chi connectivity index (χ4n) is 2.14. The van der Waals surface area contributed by atoms with Crippen LogP contribution in [0.25, 0.3) is 0 Å². The number of H-pyrrole nitrogens is 1. The van der Waals surface area contributed by atoms with Gasteiger partial charge in [-0.05, 0) is 24.5 Å². The third-order valence-corrected chi connectivity index (χ3v) is 3.08. The lowest BCUT2D eigenvalue weighted by Crippen LogP contribution is -2.34. The molecule has 1 aliphatic rings. The smallest absolute Gasteiger partial charge is 0.226 e. The molecule has 0 aliphatic carbocycles. The Morgan fingerprint density at radius 2 is 2.56 bits per heavy atom. The molecule has 1 saturated heterocycles. The number of carbonyl (C=O) groups excluding carboxylic acids is 1. The van der Waals surface area contributed by atoms with E-state index in [1.165, 1.54) is 0 Å². The summed E-state index contributed by atoms with van der Waals surface area (Å²) in [5.41, 5.74) is 1.10. The normalized spacial score (nSPS) is 24.6. The van der Waals surface area contributed by atoms with Crippen molar-refractivity contribution in [3.8, 4) is 0 Å². The summed E-state index contributed by atoms with van der Waals surface area (Å²) in [6.07, 6.45) is 5.60. The van der Waals surface area contributed by atoms with Crippen molar-refractivity contribution in [3.05, 3.63) is 24.0 Å². The first-order chi connectivity index (χ1) is 7.81. The second kappa shape index (κ2) is 5.16. The van der Waals surface area contributed by atoms with Crippen LogP contribution >= 0.6 is 0 Å². The molecule has 1 fully saturated rings. The van der Waals surface area contributed by atoms with Crippen molar-refractivity contribution in [1.29, 1.82) is 0 Å². The lowest BCUT2D eigenvalue weighted by Gasteiger charge is -2.16. The van der Waals surface area contributed by atoms with Gasteiger partial charge in [0.15, 0.2) is 0 Å². The van der Waals surface area contributed by atoms with Crippen molar-refractivity contribution < 1.29 is 9.53 Å². The number of carbonyl (C=O) groups is 1. The molecule has 0 bridgehead atoms. The van der Waals surface area contributed by atoms with Crippen LogP contribution in [0.2, 0.25) is 0 Å². The van der Waals surface area contributed by atoms with Gasteiger partial charge >= 0.3 is 0 Å². The lowest BCUT2D eigenvalue weighted by atomic mass is 9.99. The van der Waals surface area contributed by atoms with E-state index in [0.29, 0.717) is 13.2 Å². The van der Waals surface area contributed by atoms with Gasteiger partial charge < -0.3 is 15.0 Å². The number of amides is 1. The summed E-state index contributed by atoms with van der Waals surface area (Å²) >= 11 is 0. The van der Waals surface area contributed by atoms with Crippen molar-refractivity contribution in [1.82, 2.24) is 10.3 Å². The fourth-order valence-corrected chi connectivity index (χ4v) is 2.14. The number of rotatable bonds is 4. The molecule has 2 rings (SSSR count). The zero-order valence-corrected chi connectivity index (χ0v) is 9.53. The van der Waals surface area contributed by atoms with E-state index in [0.717, 1.165) is 18.4 Å². The Labute approximate surface area is 95.4 Å². The average Bonchev–Trinajstić information content (AvgIpc) is 2.96. The SMILES string of the molecule is CCC1OCCC1C(=O)NCc1cc[nH]c1. The zero-order valence-electron chi connectivity index (χ0n) is 9.53. The van der Waals surface area contributed by atoms with E-state index in [4.69, 9.17) is 4.74 Å². The average molecular weight is 222 g/mol. The van der Waals surface area contributed by atoms with Gasteiger partial charge in [0, 0.05) is 25.5 Å². The van der Waals surface area contributed by atoms with E-state index < -0.39 is 0 Å². The molecule has 88 valence electrons. The van der Waals surface area contributed by atoms with E-state index in [2.05, 4.69) is 17.2 Å². The molecule has 16 heavy (non-hydrogen) atoms. The zero-order chi connectivity index (χ0) is 11.4. The first-order valence-corrected chi connectivity index (χ1v) is 5.82. The monoisotopic (exact) mass is 222 g/mol. The van der Waals surface area contributed by atoms with Gasteiger partial charge in [-0.25, -0.2) is 0 Å². The molecule has 0 saturated carbocycles. The lowest BCUT2D eigenvalue weighted by molar-refractivity contribution is -0.126. The Morgan fingerprint density at radius 1 is 1.69 bits per heavy atom. The van der Waals surface area contributed by atoms with Crippen LogP contribution in [0.1, 0.15) is 25.3 Å². The highest BCUT2D eigenvalue weighted by molar-refractivity contribution is 5.79. The van der Waals surface area contributed by atoms with Crippen LogP contribution in [-0.4, -0.2) is 23.6 Å².